The molecule has 0 aromatic heterocycles. The van der Waals surface area contributed by atoms with E-state index in [1.807, 2.05) is 0 Å². The lowest BCUT2D eigenvalue weighted by molar-refractivity contribution is -0.345. The summed E-state index contributed by atoms with van der Waals surface area (Å²) in [7, 11) is 0. The third kappa shape index (κ3) is 9.93. The first-order valence-electron chi connectivity index (χ1n) is 13.0. The van der Waals surface area contributed by atoms with Crippen molar-refractivity contribution in [1.29, 1.82) is 0 Å². The van der Waals surface area contributed by atoms with E-state index in [1.54, 1.807) is 13.8 Å². The average molecular weight is 591 g/mol. The second-order valence-electron chi connectivity index (χ2n) is 9.84. The fraction of sp³-hybridized carbons (Fsp3) is 0.769. The molecule has 3 unspecified atom stereocenters. The van der Waals surface area contributed by atoms with Gasteiger partial charge in [-0.3, -0.25) is 28.8 Å². The highest BCUT2D eigenvalue weighted by molar-refractivity contribution is 5.68. The van der Waals surface area contributed by atoms with Crippen molar-refractivity contribution in [3.63, 3.8) is 0 Å². The summed E-state index contributed by atoms with van der Waals surface area (Å²) >= 11 is 0. The second-order valence-corrected chi connectivity index (χ2v) is 9.84. The van der Waals surface area contributed by atoms with Gasteiger partial charge in [0.2, 0.25) is 6.29 Å². The van der Waals surface area contributed by atoms with Gasteiger partial charge in [0.1, 0.15) is 31.5 Å². The SMILES string of the molecule is CC(=O)OCC1OC(O[C@@H]2[C@H](COC(C)=O)O[C@@H](OC(C)=O)C(OC(C)=O)[C@H]2C)[C@@H](OC(C)=O)[C@@H](C)[C@@H]1OC(C)=O. The van der Waals surface area contributed by atoms with Gasteiger partial charge in [0.25, 0.3) is 0 Å². The predicted molar refractivity (Wildman–Crippen MR) is 132 cm³/mol. The molecule has 0 spiro atoms. The van der Waals surface area contributed by atoms with Crippen LogP contribution in [0.3, 0.4) is 0 Å². The summed E-state index contributed by atoms with van der Waals surface area (Å²) in [6.45, 7) is 9.65. The van der Waals surface area contributed by atoms with Gasteiger partial charge in [-0.15, -0.1) is 0 Å². The molecule has 2 rings (SSSR count). The molecule has 2 aliphatic heterocycles. The molecule has 15 heteroatoms. The van der Waals surface area contributed by atoms with Crippen molar-refractivity contribution in [3.05, 3.63) is 0 Å². The first kappa shape index (κ1) is 33.9. The highest BCUT2D eigenvalue weighted by Gasteiger charge is 2.53. The highest BCUT2D eigenvalue weighted by atomic mass is 16.8. The lowest BCUT2D eigenvalue weighted by atomic mass is 9.88. The summed E-state index contributed by atoms with van der Waals surface area (Å²) in [5.41, 5.74) is 0. The van der Waals surface area contributed by atoms with Crippen molar-refractivity contribution in [2.75, 3.05) is 13.2 Å². The molecule has 0 amide bonds. The molecule has 232 valence electrons. The van der Waals surface area contributed by atoms with Gasteiger partial charge in [-0.25, -0.2) is 0 Å². The number of hydrogen-bond donors (Lipinski definition) is 0. The van der Waals surface area contributed by atoms with Crippen LogP contribution < -0.4 is 0 Å². The molecule has 0 radical (unpaired) electrons. The molecule has 2 fully saturated rings. The van der Waals surface area contributed by atoms with Crippen LogP contribution >= 0.6 is 0 Å². The normalized spacial score (nSPS) is 33.1. The van der Waals surface area contributed by atoms with Crippen LogP contribution in [-0.2, 0) is 71.4 Å². The Bertz CT molecular complexity index is 976. The molecule has 0 N–H and O–H groups in total. The largest absolute Gasteiger partial charge is 0.463 e. The molecule has 0 saturated carbocycles. The molecular weight excluding hydrogens is 552 g/mol. The van der Waals surface area contributed by atoms with Crippen LogP contribution in [0.25, 0.3) is 0 Å². The monoisotopic (exact) mass is 590 g/mol. The van der Waals surface area contributed by atoms with Crippen LogP contribution in [0.2, 0.25) is 0 Å². The Morgan fingerprint density at radius 1 is 0.488 bits per heavy atom. The van der Waals surface area contributed by atoms with E-state index in [0.29, 0.717) is 0 Å². The van der Waals surface area contributed by atoms with Gasteiger partial charge >= 0.3 is 35.8 Å². The fourth-order valence-electron chi connectivity index (χ4n) is 4.69. The van der Waals surface area contributed by atoms with Crippen molar-refractivity contribution >= 4 is 35.8 Å². The molecule has 10 atom stereocenters. The molecular formula is C26H38O15. The Kier molecular flexibility index (Phi) is 12.5. The topological polar surface area (TPSA) is 185 Å². The summed E-state index contributed by atoms with van der Waals surface area (Å²) < 4.78 is 50.1. The number of carbonyl (C=O) groups is 6. The lowest BCUT2D eigenvalue weighted by Crippen LogP contribution is -2.62. The number of ether oxygens (including phenoxy) is 9. The van der Waals surface area contributed by atoms with Gasteiger partial charge in [-0.1, -0.05) is 13.8 Å². The van der Waals surface area contributed by atoms with E-state index in [2.05, 4.69) is 0 Å². The van der Waals surface area contributed by atoms with Gasteiger partial charge in [0, 0.05) is 53.4 Å². The Hall–Kier alpha value is -3.30. The zero-order chi connectivity index (χ0) is 31.0. The first-order chi connectivity index (χ1) is 19.1. The smallest absolute Gasteiger partial charge is 0.305 e. The van der Waals surface area contributed by atoms with E-state index >= 15 is 0 Å². The Labute approximate surface area is 237 Å². The van der Waals surface area contributed by atoms with E-state index in [0.717, 1.165) is 13.8 Å². The molecule has 0 bridgehead atoms. The zero-order valence-electron chi connectivity index (χ0n) is 24.3. The maximum atomic E-state index is 12.0. The molecule has 0 aromatic carbocycles. The van der Waals surface area contributed by atoms with E-state index in [-0.39, 0.29) is 13.2 Å². The number of carbonyl (C=O) groups excluding carboxylic acids is 6. The summed E-state index contributed by atoms with van der Waals surface area (Å²) in [4.78, 5) is 70.7. The van der Waals surface area contributed by atoms with Crippen molar-refractivity contribution in [2.24, 2.45) is 11.8 Å². The van der Waals surface area contributed by atoms with E-state index in [1.165, 1.54) is 27.7 Å². The number of hydrogen-bond acceptors (Lipinski definition) is 15. The molecule has 0 aliphatic carbocycles. The fourth-order valence-corrected chi connectivity index (χ4v) is 4.69. The van der Waals surface area contributed by atoms with E-state index in [9.17, 15) is 28.8 Å². The lowest BCUT2D eigenvalue weighted by Gasteiger charge is -2.48. The standard InChI is InChI=1S/C26H38O15/c1-11-21(35-15(5)29)19(9-33-13(3)27)40-26(24(11)37-17(7)31)41-22-12(2)23(36-16(6)30)25(38-18(8)32)39-20(22)10-34-14(4)28/h11-12,19-26H,9-10H2,1-8H3/t11-,12-,19?,20-,21-,22-,23?,24-,25+,26?/m0/s1. The zero-order valence-corrected chi connectivity index (χ0v) is 24.3. The minimum atomic E-state index is -1.35. The summed E-state index contributed by atoms with van der Waals surface area (Å²) in [6.07, 6.45) is -9.12. The quantitative estimate of drug-likeness (QED) is 0.254. The Morgan fingerprint density at radius 3 is 1.29 bits per heavy atom. The minimum Gasteiger partial charge on any atom is -0.463 e. The van der Waals surface area contributed by atoms with Gasteiger partial charge in [-0.2, -0.15) is 0 Å². The number of esters is 6. The third-order valence-electron chi connectivity index (χ3n) is 6.34. The van der Waals surface area contributed by atoms with Gasteiger partial charge in [-0.05, 0) is 0 Å². The summed E-state index contributed by atoms with van der Waals surface area (Å²) in [5, 5.41) is 0. The van der Waals surface area contributed by atoms with E-state index < -0.39 is 96.9 Å². The van der Waals surface area contributed by atoms with Crippen molar-refractivity contribution in [2.45, 2.75) is 105 Å². The molecule has 0 aromatic rings. The minimum absolute atomic E-state index is 0.317. The number of rotatable bonds is 10. The Balaban J connectivity index is 2.48. The van der Waals surface area contributed by atoms with Gasteiger partial charge in [0.15, 0.2) is 18.5 Å². The van der Waals surface area contributed by atoms with Crippen LogP contribution in [0.4, 0.5) is 0 Å². The van der Waals surface area contributed by atoms with Gasteiger partial charge < -0.3 is 42.6 Å². The molecule has 2 aliphatic rings. The highest BCUT2D eigenvalue weighted by Crippen LogP contribution is 2.37. The van der Waals surface area contributed by atoms with Crippen molar-refractivity contribution in [1.82, 2.24) is 0 Å². The van der Waals surface area contributed by atoms with Crippen LogP contribution in [0, 0.1) is 11.8 Å². The molecule has 2 saturated heterocycles. The maximum absolute atomic E-state index is 12.0. The molecule has 41 heavy (non-hydrogen) atoms. The van der Waals surface area contributed by atoms with Crippen LogP contribution in [0.5, 0.6) is 0 Å². The van der Waals surface area contributed by atoms with Crippen molar-refractivity contribution < 1.29 is 71.4 Å². The van der Waals surface area contributed by atoms with Crippen molar-refractivity contribution in [3.8, 4) is 0 Å². The Morgan fingerprint density at radius 2 is 0.854 bits per heavy atom. The summed E-state index contributed by atoms with van der Waals surface area (Å²) in [5.74, 6) is -5.44. The van der Waals surface area contributed by atoms with Crippen LogP contribution in [0.15, 0.2) is 0 Å². The van der Waals surface area contributed by atoms with Gasteiger partial charge in [0.05, 0.1) is 6.10 Å². The van der Waals surface area contributed by atoms with Crippen LogP contribution in [0.1, 0.15) is 55.4 Å². The van der Waals surface area contributed by atoms with E-state index in [4.69, 9.17) is 42.6 Å². The molecule has 2 heterocycles. The maximum Gasteiger partial charge on any atom is 0.305 e. The summed E-state index contributed by atoms with van der Waals surface area (Å²) in [6, 6.07) is 0. The molecule has 15 nitrogen and oxygen atoms in total. The average Bonchev–Trinajstić information content (AvgIpc) is 2.83. The first-order valence-corrected chi connectivity index (χ1v) is 13.0. The third-order valence-corrected chi connectivity index (χ3v) is 6.34. The van der Waals surface area contributed by atoms with Crippen LogP contribution in [-0.4, -0.2) is 98.2 Å². The predicted octanol–water partition coefficient (Wildman–Crippen LogP) is 0.578. The second kappa shape index (κ2) is 15.1.